The van der Waals surface area contributed by atoms with Crippen molar-refractivity contribution in [3.63, 3.8) is 0 Å². The molecule has 0 aromatic carbocycles. The first kappa shape index (κ1) is 26.1. The van der Waals surface area contributed by atoms with Crippen molar-refractivity contribution in [1.29, 1.82) is 0 Å². The summed E-state index contributed by atoms with van der Waals surface area (Å²) < 4.78 is 15.6. The third-order valence-corrected chi connectivity index (χ3v) is 6.07. The summed E-state index contributed by atoms with van der Waals surface area (Å²) in [4.78, 5) is 43.2. The lowest BCUT2D eigenvalue weighted by Gasteiger charge is -2.23. The fourth-order valence-corrected chi connectivity index (χ4v) is 4.20. The zero-order valence-corrected chi connectivity index (χ0v) is 20.4. The smallest absolute Gasteiger partial charge is 0.269 e. The number of rotatable bonds is 8. The van der Waals surface area contributed by atoms with Gasteiger partial charge in [-0.05, 0) is 24.6 Å². The van der Waals surface area contributed by atoms with E-state index in [1.54, 1.807) is 25.1 Å². The minimum atomic E-state index is -1.40. The topological polar surface area (TPSA) is 169 Å². The molecule has 2 unspecified atom stereocenters. The molecule has 12 nitrogen and oxygen atoms in total. The van der Waals surface area contributed by atoms with Crippen LogP contribution in [0.15, 0.2) is 49.6 Å². The number of carbonyl (C=O) groups excluding carboxylic acids is 3. The second-order valence-electron chi connectivity index (χ2n) is 8.62. The van der Waals surface area contributed by atoms with Crippen LogP contribution in [0.25, 0.3) is 11.6 Å². The lowest BCUT2D eigenvalue weighted by molar-refractivity contribution is -0.137. The Hall–Kier alpha value is -4.94. The van der Waals surface area contributed by atoms with Crippen LogP contribution in [0.3, 0.4) is 0 Å². The first-order chi connectivity index (χ1) is 18.2. The highest BCUT2D eigenvalue weighted by atomic mass is 19.1. The highest BCUT2D eigenvalue weighted by Gasteiger charge is 2.40. The van der Waals surface area contributed by atoms with E-state index >= 15 is 0 Å². The van der Waals surface area contributed by atoms with Crippen molar-refractivity contribution >= 4 is 35.1 Å². The number of aromatic nitrogens is 5. The quantitative estimate of drug-likeness (QED) is 0.375. The summed E-state index contributed by atoms with van der Waals surface area (Å²) in [5, 5.41) is 23.9. The van der Waals surface area contributed by atoms with E-state index in [1.165, 1.54) is 35.5 Å². The molecule has 13 heteroatoms. The molecule has 1 saturated heterocycles. The van der Waals surface area contributed by atoms with Crippen LogP contribution < -0.4 is 11.1 Å². The molecule has 0 aliphatic carbocycles. The summed E-state index contributed by atoms with van der Waals surface area (Å²) in [6.45, 7) is 4.82. The van der Waals surface area contributed by atoms with Crippen LogP contribution in [0.1, 0.15) is 33.7 Å². The van der Waals surface area contributed by atoms with E-state index < -0.39 is 29.9 Å². The molecular weight excluding hydrogens is 495 g/mol. The maximum atomic E-state index is 14.3. The largest absolute Gasteiger partial charge is 0.506 e. The third-order valence-electron chi connectivity index (χ3n) is 6.07. The monoisotopic (exact) mass is 520 g/mol. The number of anilines is 1. The van der Waals surface area contributed by atoms with Gasteiger partial charge in [-0.1, -0.05) is 12.7 Å². The number of amides is 3. The first-order valence-electron chi connectivity index (χ1n) is 11.5. The summed E-state index contributed by atoms with van der Waals surface area (Å²) in [7, 11) is 0. The van der Waals surface area contributed by atoms with Gasteiger partial charge in [-0.25, -0.2) is 4.39 Å². The molecule has 1 aliphatic rings. The Kier molecular flexibility index (Phi) is 7.55. The van der Waals surface area contributed by atoms with Crippen LogP contribution >= 0.6 is 0 Å². The van der Waals surface area contributed by atoms with Crippen molar-refractivity contribution < 1.29 is 23.9 Å². The molecule has 3 aromatic heterocycles. The van der Waals surface area contributed by atoms with Gasteiger partial charge in [-0.3, -0.25) is 24.0 Å². The fourth-order valence-electron chi connectivity index (χ4n) is 4.20. The molecule has 1 fully saturated rings. The number of pyridine rings is 1. The molecule has 1 aliphatic heterocycles. The lowest BCUT2D eigenvalue weighted by atomic mass is 10.0. The van der Waals surface area contributed by atoms with Gasteiger partial charge >= 0.3 is 0 Å². The van der Waals surface area contributed by atoms with E-state index in [1.807, 2.05) is 0 Å². The lowest BCUT2D eigenvalue weighted by Crippen LogP contribution is -2.44. The average Bonchev–Trinajstić information content (AvgIpc) is 3.43. The van der Waals surface area contributed by atoms with Crippen molar-refractivity contribution in [3.8, 4) is 5.75 Å². The number of nitrogens with one attached hydrogen (secondary N) is 1. The van der Waals surface area contributed by atoms with Crippen LogP contribution in [0.2, 0.25) is 0 Å². The Morgan fingerprint density at radius 3 is 2.74 bits per heavy atom. The van der Waals surface area contributed by atoms with E-state index in [9.17, 15) is 23.9 Å². The van der Waals surface area contributed by atoms with Crippen molar-refractivity contribution in [3.05, 3.63) is 72.1 Å². The number of carbonyl (C=O) groups is 3. The number of aromatic hydroxyl groups is 1. The average molecular weight is 521 g/mol. The summed E-state index contributed by atoms with van der Waals surface area (Å²) in [6, 6.07) is 1.91. The van der Waals surface area contributed by atoms with Crippen LogP contribution in [-0.2, 0) is 16.1 Å². The molecule has 4 heterocycles. The minimum absolute atomic E-state index is 0.0628. The highest BCUT2D eigenvalue weighted by Crippen LogP contribution is 2.26. The summed E-state index contributed by atoms with van der Waals surface area (Å²) >= 11 is 0. The molecule has 2 atom stereocenters. The van der Waals surface area contributed by atoms with Crippen molar-refractivity contribution in [2.24, 2.45) is 5.73 Å². The molecule has 3 amide bonds. The summed E-state index contributed by atoms with van der Waals surface area (Å²) in [6.07, 6.45) is 7.18. The zero-order valence-electron chi connectivity index (χ0n) is 20.4. The molecule has 0 radical (unpaired) electrons. The SMILES string of the molecule is C=C/C(=C\c1c(C(N)=O)nn(CC(=O)N2CC(F)CC2C(=O)Nc2cncc(O)c2)c1C)c1ccnnc1. The van der Waals surface area contributed by atoms with Gasteiger partial charge in [0.15, 0.2) is 5.69 Å². The molecule has 4 rings (SSSR count). The molecule has 0 bridgehead atoms. The fraction of sp³-hybridized carbons (Fsp3) is 0.240. The number of nitrogens with zero attached hydrogens (tertiary/aromatic N) is 6. The molecule has 3 aromatic rings. The number of allylic oxidation sites excluding steroid dienone is 2. The van der Waals surface area contributed by atoms with Gasteiger partial charge in [0.25, 0.3) is 5.91 Å². The van der Waals surface area contributed by atoms with E-state index in [-0.39, 0.29) is 36.6 Å². The van der Waals surface area contributed by atoms with E-state index in [2.05, 4.69) is 32.2 Å². The summed E-state index contributed by atoms with van der Waals surface area (Å²) in [5.41, 5.74) is 7.85. The Bertz CT molecular complexity index is 1420. The number of alkyl halides is 1. The minimum Gasteiger partial charge on any atom is -0.506 e. The van der Waals surface area contributed by atoms with Crippen molar-refractivity contribution in [2.75, 3.05) is 11.9 Å². The van der Waals surface area contributed by atoms with Gasteiger partial charge in [0.2, 0.25) is 11.8 Å². The van der Waals surface area contributed by atoms with Crippen molar-refractivity contribution in [1.82, 2.24) is 29.9 Å². The third kappa shape index (κ3) is 5.56. The maximum Gasteiger partial charge on any atom is 0.269 e. The predicted molar refractivity (Wildman–Crippen MR) is 135 cm³/mol. The molecule has 38 heavy (non-hydrogen) atoms. The van der Waals surface area contributed by atoms with Gasteiger partial charge in [-0.2, -0.15) is 15.3 Å². The van der Waals surface area contributed by atoms with Gasteiger partial charge in [-0.15, -0.1) is 0 Å². The molecule has 196 valence electrons. The van der Waals surface area contributed by atoms with Crippen LogP contribution in [0, 0.1) is 6.92 Å². The van der Waals surface area contributed by atoms with Crippen LogP contribution in [0.4, 0.5) is 10.1 Å². The van der Waals surface area contributed by atoms with Crippen molar-refractivity contribution in [2.45, 2.75) is 32.1 Å². The number of primary amides is 1. The zero-order chi connectivity index (χ0) is 27.4. The van der Waals surface area contributed by atoms with E-state index in [4.69, 9.17) is 5.73 Å². The molecule has 0 spiro atoms. The number of halogens is 1. The van der Waals surface area contributed by atoms with Crippen LogP contribution in [-0.4, -0.2) is 71.4 Å². The number of likely N-dealkylation sites (tertiary alicyclic amines) is 1. The Balaban J connectivity index is 1.59. The number of nitrogens with two attached hydrogens (primary N) is 1. The molecule has 4 N–H and O–H groups in total. The molecular formula is C25H25FN8O4. The van der Waals surface area contributed by atoms with E-state index in [0.29, 0.717) is 22.4 Å². The van der Waals surface area contributed by atoms with Crippen LogP contribution in [0.5, 0.6) is 5.75 Å². The number of hydrogen-bond acceptors (Lipinski definition) is 8. The highest BCUT2D eigenvalue weighted by molar-refractivity contribution is 5.99. The number of hydrogen-bond donors (Lipinski definition) is 3. The molecule has 0 saturated carbocycles. The van der Waals surface area contributed by atoms with Gasteiger partial charge < -0.3 is 21.1 Å². The van der Waals surface area contributed by atoms with Gasteiger partial charge in [0.05, 0.1) is 37.0 Å². The van der Waals surface area contributed by atoms with E-state index in [0.717, 1.165) is 4.90 Å². The van der Waals surface area contributed by atoms with Gasteiger partial charge in [0.1, 0.15) is 24.5 Å². The Labute approximate surface area is 216 Å². The van der Waals surface area contributed by atoms with Gasteiger partial charge in [0, 0.05) is 29.3 Å². The first-order valence-corrected chi connectivity index (χ1v) is 11.5. The maximum absolute atomic E-state index is 14.3. The Morgan fingerprint density at radius 1 is 1.29 bits per heavy atom. The Morgan fingerprint density at radius 2 is 2.08 bits per heavy atom. The summed E-state index contributed by atoms with van der Waals surface area (Å²) in [5.74, 6) is -2.15. The normalized spacial score (nSPS) is 17.3. The predicted octanol–water partition coefficient (Wildman–Crippen LogP) is 1.49. The second kappa shape index (κ2) is 11.0. The second-order valence-corrected chi connectivity index (χ2v) is 8.62. The standard InChI is InChI=1S/C25H25FN8O4/c1-3-15(16-4-5-29-30-9-16)6-20-14(2)34(32-23(20)24(27)37)13-22(36)33-12-17(26)7-21(33)25(38)31-18-8-19(35)11-28-10-18/h3-6,8-11,17,21,35H,1,7,12-13H2,2H3,(H2,27,37)(H,31,38)/b15-6+.